The van der Waals surface area contributed by atoms with Crippen LogP contribution in [0.1, 0.15) is 18.1 Å². The number of methoxy groups -OCH3 is 1. The second kappa shape index (κ2) is 11.7. The van der Waals surface area contributed by atoms with Crippen molar-refractivity contribution >= 4 is 12.4 Å². The van der Waals surface area contributed by atoms with E-state index in [0.717, 1.165) is 29.9 Å². The third kappa shape index (κ3) is 7.34. The Hall–Kier alpha value is -1.75. The molecule has 2 aromatic rings. The molecule has 0 aliphatic rings. The number of hydrogen-bond donors (Lipinski definition) is 1. The minimum atomic E-state index is -0.0180. The molecule has 0 fully saturated rings. The molecule has 0 heterocycles. The fourth-order valence-corrected chi connectivity index (χ4v) is 2.52. The molecule has 5 heteroatoms. The topological polar surface area (TPSA) is 53.7 Å². The van der Waals surface area contributed by atoms with Gasteiger partial charge in [-0.05, 0) is 36.6 Å². The average Bonchev–Trinajstić information content (AvgIpc) is 2.61. The van der Waals surface area contributed by atoms with Gasteiger partial charge in [-0.25, -0.2) is 0 Å². The minimum absolute atomic E-state index is 0. The highest BCUT2D eigenvalue weighted by Gasteiger charge is 2.09. The average molecular weight is 366 g/mol. The highest BCUT2D eigenvalue weighted by atomic mass is 35.5. The highest BCUT2D eigenvalue weighted by Crippen LogP contribution is 2.28. The number of benzene rings is 2. The molecule has 0 amide bonds. The molecule has 25 heavy (non-hydrogen) atoms. The zero-order chi connectivity index (χ0) is 17.2. The van der Waals surface area contributed by atoms with E-state index in [1.807, 2.05) is 43.3 Å². The summed E-state index contributed by atoms with van der Waals surface area (Å²) >= 11 is 0. The minimum Gasteiger partial charge on any atom is -0.493 e. The Bertz CT molecular complexity index is 607. The van der Waals surface area contributed by atoms with Crippen LogP contribution >= 0.6 is 12.4 Å². The Labute approximate surface area is 156 Å². The van der Waals surface area contributed by atoms with Gasteiger partial charge < -0.3 is 19.9 Å². The van der Waals surface area contributed by atoms with E-state index in [-0.39, 0.29) is 18.4 Å². The Morgan fingerprint density at radius 2 is 1.76 bits per heavy atom. The van der Waals surface area contributed by atoms with Crippen molar-refractivity contribution in [3.8, 4) is 11.5 Å². The van der Waals surface area contributed by atoms with Crippen LogP contribution in [0.2, 0.25) is 0 Å². The highest BCUT2D eigenvalue weighted by molar-refractivity contribution is 5.85. The maximum Gasteiger partial charge on any atom is 0.161 e. The third-order valence-electron chi connectivity index (χ3n) is 3.75. The summed E-state index contributed by atoms with van der Waals surface area (Å²) in [4.78, 5) is 0. The molecule has 2 aromatic carbocycles. The molecule has 0 saturated heterocycles. The van der Waals surface area contributed by atoms with E-state index >= 15 is 0 Å². The van der Waals surface area contributed by atoms with Gasteiger partial charge in [-0.2, -0.15) is 0 Å². The van der Waals surface area contributed by atoms with Gasteiger partial charge in [-0.1, -0.05) is 36.4 Å². The lowest BCUT2D eigenvalue weighted by atomic mass is 10.1. The molecule has 0 aliphatic carbocycles. The second-order valence-electron chi connectivity index (χ2n) is 5.69. The summed E-state index contributed by atoms with van der Waals surface area (Å²) < 4.78 is 16.7. The maximum absolute atomic E-state index is 6.09. The molecule has 1 atom stereocenters. The van der Waals surface area contributed by atoms with Crippen molar-refractivity contribution in [3.05, 3.63) is 59.7 Å². The lowest BCUT2D eigenvalue weighted by Gasteiger charge is -2.15. The molecule has 0 aliphatic heterocycles. The molecule has 0 spiro atoms. The molecule has 2 N–H and O–H groups in total. The summed E-state index contributed by atoms with van der Waals surface area (Å²) in [5.74, 6) is 1.50. The van der Waals surface area contributed by atoms with E-state index in [1.54, 1.807) is 7.11 Å². The number of nitrogens with two attached hydrogens (primary N) is 1. The van der Waals surface area contributed by atoms with E-state index in [9.17, 15) is 0 Å². The number of ether oxygens (including phenoxy) is 3. The molecule has 0 saturated carbocycles. The van der Waals surface area contributed by atoms with E-state index in [4.69, 9.17) is 19.9 Å². The zero-order valence-electron chi connectivity index (χ0n) is 14.9. The van der Waals surface area contributed by atoms with E-state index in [1.165, 1.54) is 5.56 Å². The summed E-state index contributed by atoms with van der Waals surface area (Å²) in [6.45, 7) is 3.82. The first-order valence-corrected chi connectivity index (χ1v) is 8.40. The Morgan fingerprint density at radius 3 is 2.44 bits per heavy atom. The van der Waals surface area contributed by atoms with Gasteiger partial charge in [0, 0.05) is 19.1 Å². The first-order chi connectivity index (χ1) is 11.7. The Kier molecular flexibility index (Phi) is 10.0. The van der Waals surface area contributed by atoms with Crippen LogP contribution in [0.3, 0.4) is 0 Å². The van der Waals surface area contributed by atoms with Gasteiger partial charge in [0.1, 0.15) is 0 Å². The standard InChI is InChI=1S/C20H27NO3.ClH/c1-3-23-15-18(21)13-17-9-10-19(22-2)20(14-17)24-12-11-16-7-5-4-6-8-16;/h4-10,14,18H,3,11-13,15,21H2,1-2H3;1H. The molecular weight excluding hydrogens is 338 g/mol. The van der Waals surface area contributed by atoms with Crippen LogP contribution < -0.4 is 15.2 Å². The zero-order valence-corrected chi connectivity index (χ0v) is 15.8. The van der Waals surface area contributed by atoms with Gasteiger partial charge in [-0.15, -0.1) is 12.4 Å². The van der Waals surface area contributed by atoms with Crippen LogP contribution in [0.4, 0.5) is 0 Å². The van der Waals surface area contributed by atoms with E-state index in [0.29, 0.717) is 19.8 Å². The van der Waals surface area contributed by atoms with Gasteiger partial charge in [0.15, 0.2) is 11.5 Å². The summed E-state index contributed by atoms with van der Waals surface area (Å²) in [6.07, 6.45) is 1.61. The third-order valence-corrected chi connectivity index (χ3v) is 3.75. The lowest BCUT2D eigenvalue weighted by molar-refractivity contribution is 0.133. The van der Waals surface area contributed by atoms with Crippen molar-refractivity contribution < 1.29 is 14.2 Å². The fourth-order valence-electron chi connectivity index (χ4n) is 2.52. The van der Waals surface area contributed by atoms with Gasteiger partial charge in [0.2, 0.25) is 0 Å². The lowest BCUT2D eigenvalue weighted by Crippen LogP contribution is -2.28. The van der Waals surface area contributed by atoms with Crippen LogP contribution in [0.5, 0.6) is 11.5 Å². The predicted molar refractivity (Wildman–Crippen MR) is 104 cm³/mol. The largest absolute Gasteiger partial charge is 0.493 e. The number of hydrogen-bond acceptors (Lipinski definition) is 4. The number of halogens is 1. The molecule has 1 unspecified atom stereocenters. The van der Waals surface area contributed by atoms with Gasteiger partial charge in [0.05, 0.1) is 20.3 Å². The van der Waals surface area contributed by atoms with Crippen LogP contribution in [0.15, 0.2) is 48.5 Å². The molecule has 138 valence electrons. The van der Waals surface area contributed by atoms with Gasteiger partial charge in [-0.3, -0.25) is 0 Å². The van der Waals surface area contributed by atoms with Crippen molar-refractivity contribution in [1.29, 1.82) is 0 Å². The van der Waals surface area contributed by atoms with Gasteiger partial charge >= 0.3 is 0 Å². The SMILES string of the molecule is CCOCC(N)Cc1ccc(OC)c(OCCc2ccccc2)c1.Cl. The van der Waals surface area contributed by atoms with Crippen molar-refractivity contribution in [2.24, 2.45) is 5.73 Å². The van der Waals surface area contributed by atoms with Crippen molar-refractivity contribution in [2.45, 2.75) is 25.8 Å². The monoisotopic (exact) mass is 365 g/mol. The Morgan fingerprint density at radius 1 is 1.00 bits per heavy atom. The first-order valence-electron chi connectivity index (χ1n) is 8.40. The summed E-state index contributed by atoms with van der Waals surface area (Å²) in [5.41, 5.74) is 8.47. The van der Waals surface area contributed by atoms with Crippen LogP contribution in [0, 0.1) is 0 Å². The quantitative estimate of drug-likeness (QED) is 0.698. The predicted octanol–water partition coefficient (Wildman–Crippen LogP) is 3.64. The summed E-state index contributed by atoms with van der Waals surface area (Å²) in [5, 5.41) is 0. The number of rotatable bonds is 10. The normalized spacial score (nSPS) is 11.5. The van der Waals surface area contributed by atoms with Crippen LogP contribution in [0.25, 0.3) is 0 Å². The molecule has 0 radical (unpaired) electrons. The molecule has 0 aromatic heterocycles. The van der Waals surface area contributed by atoms with Crippen LogP contribution in [-0.2, 0) is 17.6 Å². The summed E-state index contributed by atoms with van der Waals surface area (Å²) in [6, 6.07) is 16.2. The fraction of sp³-hybridized carbons (Fsp3) is 0.400. The molecule has 2 rings (SSSR count). The van der Waals surface area contributed by atoms with E-state index in [2.05, 4.69) is 12.1 Å². The van der Waals surface area contributed by atoms with Crippen molar-refractivity contribution in [1.82, 2.24) is 0 Å². The van der Waals surface area contributed by atoms with E-state index < -0.39 is 0 Å². The molecule has 4 nitrogen and oxygen atoms in total. The second-order valence-corrected chi connectivity index (χ2v) is 5.69. The van der Waals surface area contributed by atoms with Gasteiger partial charge in [0.25, 0.3) is 0 Å². The smallest absolute Gasteiger partial charge is 0.161 e. The Balaban J connectivity index is 0.00000312. The molecule has 0 bridgehead atoms. The molecular formula is C20H28ClNO3. The maximum atomic E-state index is 6.09. The van der Waals surface area contributed by atoms with Crippen molar-refractivity contribution in [2.75, 3.05) is 26.9 Å². The summed E-state index contributed by atoms with van der Waals surface area (Å²) in [7, 11) is 1.65. The van der Waals surface area contributed by atoms with Crippen molar-refractivity contribution in [3.63, 3.8) is 0 Å². The van der Waals surface area contributed by atoms with Crippen LogP contribution in [-0.4, -0.2) is 33.0 Å². The first kappa shape index (κ1) is 21.3.